The van der Waals surface area contributed by atoms with Gasteiger partial charge in [-0.15, -0.1) is 11.3 Å². The van der Waals surface area contributed by atoms with E-state index in [1.54, 1.807) is 29.7 Å². The summed E-state index contributed by atoms with van der Waals surface area (Å²) in [5, 5.41) is 6.11. The van der Waals surface area contributed by atoms with E-state index in [9.17, 15) is 9.18 Å². The van der Waals surface area contributed by atoms with E-state index in [0.717, 1.165) is 30.2 Å². The number of hydrogen-bond acceptors (Lipinski definition) is 5. The summed E-state index contributed by atoms with van der Waals surface area (Å²) in [5.74, 6) is 1.01. The Bertz CT molecular complexity index is 947. The molecule has 1 amide bonds. The van der Waals surface area contributed by atoms with Gasteiger partial charge >= 0.3 is 0 Å². The van der Waals surface area contributed by atoms with E-state index in [-0.39, 0.29) is 17.8 Å². The maximum atomic E-state index is 13.0. The summed E-state index contributed by atoms with van der Waals surface area (Å²) in [6.45, 7) is 1.72. The average molecular weight is 412 g/mol. The topological polar surface area (TPSA) is 54.5 Å². The Morgan fingerprint density at radius 3 is 2.90 bits per heavy atom. The molecule has 5 nitrogen and oxygen atoms in total. The molecule has 1 aliphatic rings. The lowest BCUT2D eigenvalue weighted by Gasteiger charge is -2.15. The van der Waals surface area contributed by atoms with Crippen molar-refractivity contribution >= 4 is 22.4 Å². The summed E-state index contributed by atoms with van der Waals surface area (Å²) >= 11 is 1.62. The number of carbonyl (C=O) groups is 1. The number of amides is 1. The number of anilines is 1. The van der Waals surface area contributed by atoms with E-state index in [0.29, 0.717) is 24.3 Å². The van der Waals surface area contributed by atoms with Gasteiger partial charge < -0.3 is 15.0 Å². The number of aryl methyl sites for hydroxylation is 1. The Kier molecular flexibility index (Phi) is 6.05. The van der Waals surface area contributed by atoms with Crippen molar-refractivity contribution < 1.29 is 13.9 Å². The zero-order valence-electron chi connectivity index (χ0n) is 15.9. The van der Waals surface area contributed by atoms with Crippen LogP contribution in [-0.2, 0) is 11.2 Å². The highest BCUT2D eigenvalue weighted by Gasteiger charge is 2.25. The summed E-state index contributed by atoms with van der Waals surface area (Å²) in [6.07, 6.45) is 3.80. The fraction of sp³-hybridized carbons (Fsp3) is 0.273. The van der Waals surface area contributed by atoms with E-state index >= 15 is 0 Å². The van der Waals surface area contributed by atoms with Crippen LogP contribution >= 0.6 is 11.3 Å². The lowest BCUT2D eigenvalue weighted by atomic mass is 10.1. The van der Waals surface area contributed by atoms with Crippen LogP contribution in [-0.4, -0.2) is 30.0 Å². The van der Waals surface area contributed by atoms with Crippen molar-refractivity contribution in [2.24, 2.45) is 0 Å². The van der Waals surface area contributed by atoms with Gasteiger partial charge in [0, 0.05) is 37.1 Å². The second-order valence-electron chi connectivity index (χ2n) is 7.02. The third-order valence-electron chi connectivity index (χ3n) is 4.83. The fourth-order valence-electron chi connectivity index (χ4n) is 3.38. The molecule has 1 aromatic heterocycles. The van der Waals surface area contributed by atoms with Gasteiger partial charge in [-0.25, -0.2) is 9.37 Å². The molecule has 4 rings (SSSR count). The van der Waals surface area contributed by atoms with Crippen LogP contribution in [0.4, 0.5) is 9.52 Å². The number of thiazole rings is 1. The monoisotopic (exact) mass is 411 g/mol. The molecule has 0 saturated carbocycles. The number of rotatable bonds is 7. The molecule has 0 unspecified atom stereocenters. The molecular formula is C22H22FN3O2S. The first-order valence-corrected chi connectivity index (χ1v) is 10.5. The Hall–Kier alpha value is -2.93. The molecule has 1 aliphatic heterocycles. The van der Waals surface area contributed by atoms with Gasteiger partial charge in [-0.1, -0.05) is 12.1 Å². The normalized spacial score (nSPS) is 16.0. The maximum Gasteiger partial charge on any atom is 0.220 e. The molecule has 1 atom stereocenters. The molecule has 0 spiro atoms. The first kappa shape index (κ1) is 19.4. The van der Waals surface area contributed by atoms with Crippen LogP contribution in [0.1, 0.15) is 18.4 Å². The molecule has 2 aromatic carbocycles. The van der Waals surface area contributed by atoms with Crippen molar-refractivity contribution in [1.29, 1.82) is 0 Å². The van der Waals surface area contributed by atoms with Crippen molar-refractivity contribution in [3.63, 3.8) is 0 Å². The predicted molar refractivity (Wildman–Crippen MR) is 112 cm³/mol. The van der Waals surface area contributed by atoms with Crippen LogP contribution in [0.5, 0.6) is 11.5 Å². The SMILES string of the molecule is O=C(CCc1cccc(Oc2ccc(F)cc2)c1)N[C@H]1CCN(c2nccs2)C1. The number of carbonyl (C=O) groups excluding carboxylic acids is 1. The van der Waals surface area contributed by atoms with Crippen molar-refractivity contribution in [2.45, 2.75) is 25.3 Å². The van der Waals surface area contributed by atoms with Gasteiger partial charge in [0.05, 0.1) is 0 Å². The van der Waals surface area contributed by atoms with Crippen LogP contribution < -0.4 is 15.0 Å². The number of aromatic nitrogens is 1. The highest BCUT2D eigenvalue weighted by Crippen LogP contribution is 2.24. The molecule has 3 aromatic rings. The average Bonchev–Trinajstić information content (AvgIpc) is 3.40. The zero-order valence-corrected chi connectivity index (χ0v) is 16.7. The van der Waals surface area contributed by atoms with Gasteiger partial charge in [0.15, 0.2) is 5.13 Å². The minimum atomic E-state index is -0.297. The molecule has 29 heavy (non-hydrogen) atoms. The smallest absolute Gasteiger partial charge is 0.220 e. The maximum absolute atomic E-state index is 13.0. The van der Waals surface area contributed by atoms with E-state index in [2.05, 4.69) is 15.2 Å². The van der Waals surface area contributed by atoms with E-state index < -0.39 is 0 Å². The number of halogens is 1. The molecule has 1 N–H and O–H groups in total. The number of ether oxygens (including phenoxy) is 1. The van der Waals surface area contributed by atoms with Crippen molar-refractivity contribution in [3.05, 3.63) is 71.5 Å². The summed E-state index contributed by atoms with van der Waals surface area (Å²) in [5.41, 5.74) is 1.02. The van der Waals surface area contributed by atoms with Crippen molar-refractivity contribution in [3.8, 4) is 11.5 Å². The van der Waals surface area contributed by atoms with Gasteiger partial charge in [0.2, 0.25) is 5.91 Å². The van der Waals surface area contributed by atoms with Crippen LogP contribution in [0.15, 0.2) is 60.1 Å². The third-order valence-corrected chi connectivity index (χ3v) is 5.66. The number of nitrogens with one attached hydrogen (secondary N) is 1. The molecule has 1 saturated heterocycles. The van der Waals surface area contributed by atoms with Gasteiger partial charge in [0.25, 0.3) is 0 Å². The summed E-state index contributed by atoms with van der Waals surface area (Å²) in [6, 6.07) is 13.7. The fourth-order valence-corrected chi connectivity index (χ4v) is 4.06. The van der Waals surface area contributed by atoms with Crippen molar-refractivity contribution in [2.75, 3.05) is 18.0 Å². The Morgan fingerprint density at radius 1 is 1.24 bits per heavy atom. The Labute approximate surface area is 173 Å². The number of hydrogen-bond donors (Lipinski definition) is 1. The lowest BCUT2D eigenvalue weighted by Crippen LogP contribution is -2.37. The van der Waals surface area contributed by atoms with Crippen LogP contribution in [0.3, 0.4) is 0 Å². The van der Waals surface area contributed by atoms with Crippen LogP contribution in [0, 0.1) is 5.82 Å². The highest BCUT2D eigenvalue weighted by molar-refractivity contribution is 7.13. The summed E-state index contributed by atoms with van der Waals surface area (Å²) < 4.78 is 18.8. The molecule has 7 heteroatoms. The summed E-state index contributed by atoms with van der Waals surface area (Å²) in [4.78, 5) is 18.9. The van der Waals surface area contributed by atoms with Gasteiger partial charge in [-0.3, -0.25) is 4.79 Å². The van der Waals surface area contributed by atoms with E-state index in [4.69, 9.17) is 4.74 Å². The first-order valence-electron chi connectivity index (χ1n) is 9.62. The van der Waals surface area contributed by atoms with Gasteiger partial charge in [0.1, 0.15) is 17.3 Å². The zero-order chi connectivity index (χ0) is 20.1. The standard InChI is InChI=1S/C22H22FN3O2S/c23-17-5-7-19(8-6-17)28-20-3-1-2-16(14-20)4-9-21(27)25-18-10-12-26(15-18)22-24-11-13-29-22/h1-3,5-8,11,13-14,18H,4,9-10,12,15H2,(H,25,27)/t18-/m0/s1. The minimum absolute atomic E-state index is 0.0563. The molecular weight excluding hydrogens is 389 g/mol. The second-order valence-corrected chi connectivity index (χ2v) is 7.89. The van der Waals surface area contributed by atoms with Gasteiger partial charge in [-0.2, -0.15) is 0 Å². The Balaban J connectivity index is 1.25. The molecule has 0 radical (unpaired) electrons. The quantitative estimate of drug-likeness (QED) is 0.626. The van der Waals surface area contributed by atoms with E-state index in [1.165, 1.54) is 12.1 Å². The van der Waals surface area contributed by atoms with Crippen molar-refractivity contribution in [1.82, 2.24) is 10.3 Å². The summed E-state index contributed by atoms with van der Waals surface area (Å²) in [7, 11) is 0. The minimum Gasteiger partial charge on any atom is -0.457 e. The second kappa shape index (κ2) is 9.05. The first-order chi connectivity index (χ1) is 14.2. The molecule has 2 heterocycles. The van der Waals surface area contributed by atoms with E-state index in [1.807, 2.05) is 29.6 Å². The largest absolute Gasteiger partial charge is 0.457 e. The highest BCUT2D eigenvalue weighted by atomic mass is 32.1. The predicted octanol–water partition coefficient (Wildman–Crippen LogP) is 4.40. The van der Waals surface area contributed by atoms with Gasteiger partial charge in [-0.05, 0) is 54.8 Å². The number of nitrogens with zero attached hydrogens (tertiary/aromatic N) is 2. The molecule has 1 fully saturated rings. The lowest BCUT2D eigenvalue weighted by molar-refractivity contribution is -0.121. The molecule has 150 valence electrons. The Morgan fingerprint density at radius 2 is 2.10 bits per heavy atom. The third kappa shape index (κ3) is 5.32. The van der Waals surface area contributed by atoms with Crippen LogP contribution in [0.2, 0.25) is 0 Å². The molecule has 0 aliphatic carbocycles. The number of benzene rings is 2. The molecule has 0 bridgehead atoms. The van der Waals surface area contributed by atoms with Crippen LogP contribution in [0.25, 0.3) is 0 Å².